The third kappa shape index (κ3) is 7.14. The van der Waals surface area contributed by atoms with Crippen LogP contribution >= 0.6 is 0 Å². The Morgan fingerprint density at radius 3 is 2.24 bits per heavy atom. The number of ketones is 1. The molecule has 2 saturated carbocycles. The molecule has 310 valence electrons. The minimum Gasteiger partial charge on any atom is -0.465 e. The Kier molecular flexibility index (Phi) is 11.3. The van der Waals surface area contributed by atoms with Crippen LogP contribution in [0.5, 0.6) is 0 Å². The molecular weight excluding hydrogens is 724 g/mol. The monoisotopic (exact) mass is 782 g/mol. The lowest BCUT2D eigenvalue weighted by Gasteiger charge is -2.58. The number of hydrogen-bond donors (Lipinski definition) is 7. The summed E-state index contributed by atoms with van der Waals surface area (Å²) in [6.07, 6.45) is -10.7. The van der Waals surface area contributed by atoms with Crippen molar-refractivity contribution in [2.45, 2.75) is 171 Å². The first-order valence-electron chi connectivity index (χ1n) is 20.2. The van der Waals surface area contributed by atoms with Crippen molar-refractivity contribution in [3.8, 4) is 0 Å². The predicted molar refractivity (Wildman–Crippen MR) is 185 cm³/mol. The van der Waals surface area contributed by atoms with Gasteiger partial charge in [-0.15, -0.1) is 0 Å². The smallest absolute Gasteiger partial charge is 0.306 e. The molecule has 0 aromatic carbocycles. The van der Waals surface area contributed by atoms with E-state index < -0.39 is 86.0 Å². The van der Waals surface area contributed by atoms with Crippen molar-refractivity contribution in [1.82, 2.24) is 0 Å². The standard InChI is InChI=1S/C39H58O16/c1-15-29(42)33(46)35(48)38(52-15)54-24-14-50-37(34(47)30(24)43)55-36-16(2)51-26(12-23(36)40)53-19-8-9-39(3)18(11-19)4-5-22-21-7-6-20(17-10-25(41)49-13-17)27(21)31(44)32(45)28(22)39/h15-20,22-24,26,28-30,32-38,40,42-43,45-48H,4-14H2,1-3H3. The lowest BCUT2D eigenvalue weighted by molar-refractivity contribution is -0.354. The second kappa shape index (κ2) is 15.5. The normalized spacial score (nSPS) is 53.1. The molecule has 0 bridgehead atoms. The zero-order valence-electron chi connectivity index (χ0n) is 31.6. The van der Waals surface area contributed by atoms with Gasteiger partial charge in [0.15, 0.2) is 24.7 Å². The first-order chi connectivity index (χ1) is 26.2. The van der Waals surface area contributed by atoms with Gasteiger partial charge in [-0.3, -0.25) is 9.59 Å². The lowest BCUT2D eigenvalue weighted by Crippen LogP contribution is -2.62. The molecule has 0 radical (unpaired) electrons. The van der Waals surface area contributed by atoms with Gasteiger partial charge in [0, 0.05) is 23.8 Å². The number of carbonyl (C=O) groups is 2. The van der Waals surface area contributed by atoms with Crippen molar-refractivity contribution in [1.29, 1.82) is 0 Å². The summed E-state index contributed by atoms with van der Waals surface area (Å²) in [6, 6.07) is 0. The molecule has 8 aliphatic rings. The molecule has 4 aliphatic heterocycles. The first kappa shape index (κ1) is 40.2. The Bertz CT molecular complexity index is 1460. The molecule has 0 spiro atoms. The molecule has 4 aliphatic carbocycles. The number of aliphatic hydroxyl groups excluding tert-OH is 7. The van der Waals surface area contributed by atoms with Crippen molar-refractivity contribution in [3.63, 3.8) is 0 Å². The van der Waals surface area contributed by atoms with Gasteiger partial charge < -0.3 is 68.9 Å². The molecule has 0 aromatic heterocycles. The number of fused-ring (bicyclic) bond motifs is 4. The summed E-state index contributed by atoms with van der Waals surface area (Å²) in [6.45, 7) is 5.52. The maximum absolute atomic E-state index is 13.9. The van der Waals surface area contributed by atoms with E-state index in [2.05, 4.69) is 6.92 Å². The summed E-state index contributed by atoms with van der Waals surface area (Å²) >= 11 is 0. The van der Waals surface area contributed by atoms with Gasteiger partial charge in [0.2, 0.25) is 0 Å². The number of hydrogen-bond acceptors (Lipinski definition) is 16. The van der Waals surface area contributed by atoms with Crippen LogP contribution in [0.3, 0.4) is 0 Å². The molecule has 4 saturated heterocycles. The number of Topliss-reactive ketones (excluding diaryl/α,β-unsaturated/α-hetero) is 1. The minimum atomic E-state index is -1.60. The van der Waals surface area contributed by atoms with E-state index in [-0.39, 0.29) is 65.9 Å². The molecular formula is C39H58O16. The second-order valence-corrected chi connectivity index (χ2v) is 17.7. The van der Waals surface area contributed by atoms with Crippen molar-refractivity contribution in [2.24, 2.45) is 35.0 Å². The van der Waals surface area contributed by atoms with Crippen LogP contribution in [-0.4, -0.2) is 153 Å². The van der Waals surface area contributed by atoms with Crippen LogP contribution in [0.2, 0.25) is 0 Å². The average Bonchev–Trinajstić information content (AvgIpc) is 3.79. The van der Waals surface area contributed by atoms with Crippen LogP contribution in [0.1, 0.15) is 78.6 Å². The molecule has 6 fully saturated rings. The van der Waals surface area contributed by atoms with Gasteiger partial charge in [0.1, 0.15) is 48.8 Å². The van der Waals surface area contributed by atoms with Crippen LogP contribution in [0.25, 0.3) is 0 Å². The zero-order valence-corrected chi connectivity index (χ0v) is 31.6. The number of carbonyl (C=O) groups excluding carboxylic acids is 2. The topological polar surface area (TPSA) is 240 Å². The fourth-order valence-electron chi connectivity index (χ4n) is 11.5. The van der Waals surface area contributed by atoms with Gasteiger partial charge >= 0.3 is 5.97 Å². The van der Waals surface area contributed by atoms with Crippen LogP contribution in [0.4, 0.5) is 0 Å². The van der Waals surface area contributed by atoms with Crippen molar-refractivity contribution >= 4 is 11.8 Å². The van der Waals surface area contributed by atoms with Crippen molar-refractivity contribution in [2.75, 3.05) is 13.2 Å². The molecule has 21 unspecified atom stereocenters. The maximum Gasteiger partial charge on any atom is 0.306 e. The summed E-state index contributed by atoms with van der Waals surface area (Å²) in [5.74, 6) is -0.178. The van der Waals surface area contributed by atoms with Gasteiger partial charge in [-0.25, -0.2) is 0 Å². The van der Waals surface area contributed by atoms with Gasteiger partial charge in [-0.05, 0) is 82.0 Å². The first-order valence-corrected chi connectivity index (χ1v) is 20.2. The van der Waals surface area contributed by atoms with E-state index in [9.17, 15) is 45.3 Å². The van der Waals surface area contributed by atoms with E-state index in [1.165, 1.54) is 12.5 Å². The Morgan fingerprint density at radius 1 is 0.745 bits per heavy atom. The van der Waals surface area contributed by atoms with Gasteiger partial charge in [-0.2, -0.15) is 0 Å². The van der Waals surface area contributed by atoms with Gasteiger partial charge in [-0.1, -0.05) is 12.5 Å². The molecule has 0 amide bonds. The van der Waals surface area contributed by atoms with E-state index in [1.807, 2.05) is 0 Å². The van der Waals surface area contributed by atoms with E-state index in [4.69, 9.17) is 33.2 Å². The third-order valence-electron chi connectivity index (χ3n) is 14.6. The number of ether oxygens (including phenoxy) is 7. The predicted octanol–water partition coefficient (Wildman–Crippen LogP) is -0.411. The lowest BCUT2D eigenvalue weighted by atomic mass is 9.48. The van der Waals surface area contributed by atoms with Crippen LogP contribution in [0, 0.1) is 35.0 Å². The summed E-state index contributed by atoms with van der Waals surface area (Å²) in [4.78, 5) is 25.7. The Morgan fingerprint density at radius 2 is 1.51 bits per heavy atom. The van der Waals surface area contributed by atoms with Gasteiger partial charge in [0.05, 0.1) is 44.1 Å². The summed E-state index contributed by atoms with van der Waals surface area (Å²) in [5.41, 5.74) is 1.74. The third-order valence-corrected chi connectivity index (χ3v) is 14.6. The molecule has 55 heavy (non-hydrogen) atoms. The average molecular weight is 783 g/mol. The van der Waals surface area contributed by atoms with E-state index >= 15 is 0 Å². The zero-order chi connectivity index (χ0) is 39.1. The fraction of sp³-hybridized carbons (Fsp3) is 0.897. The number of cyclic esters (lactones) is 1. The minimum absolute atomic E-state index is 0.00248. The van der Waals surface area contributed by atoms with E-state index in [1.54, 1.807) is 6.92 Å². The van der Waals surface area contributed by atoms with E-state index in [0.717, 1.165) is 44.1 Å². The number of esters is 1. The van der Waals surface area contributed by atoms with Crippen LogP contribution < -0.4 is 0 Å². The molecule has 4 heterocycles. The molecule has 0 aromatic rings. The number of aliphatic hydroxyl groups is 7. The quantitative estimate of drug-likeness (QED) is 0.128. The Labute approximate surface area is 320 Å². The molecule has 16 heteroatoms. The summed E-state index contributed by atoms with van der Waals surface area (Å²) in [7, 11) is 0. The summed E-state index contributed by atoms with van der Waals surface area (Å²) in [5, 5.41) is 74.9. The van der Waals surface area contributed by atoms with Gasteiger partial charge in [0.25, 0.3) is 0 Å². The molecule has 21 atom stereocenters. The molecule has 7 N–H and O–H groups in total. The highest BCUT2D eigenvalue weighted by Crippen LogP contribution is 2.62. The maximum atomic E-state index is 13.9. The highest BCUT2D eigenvalue weighted by Gasteiger charge is 2.60. The highest BCUT2D eigenvalue weighted by molar-refractivity contribution is 6.02. The second-order valence-electron chi connectivity index (χ2n) is 17.7. The summed E-state index contributed by atoms with van der Waals surface area (Å²) < 4.78 is 40.6. The Balaban J connectivity index is 0.840. The van der Waals surface area contributed by atoms with E-state index in [0.29, 0.717) is 19.4 Å². The van der Waals surface area contributed by atoms with Crippen LogP contribution in [-0.2, 0) is 42.7 Å². The fourth-order valence-corrected chi connectivity index (χ4v) is 11.5. The Hall–Kier alpha value is -1.64. The molecule has 16 nitrogen and oxygen atoms in total. The van der Waals surface area contributed by atoms with Crippen molar-refractivity contribution in [3.05, 3.63) is 11.1 Å². The number of rotatable bonds is 7. The SMILES string of the molecule is CC1OC(OC2COC(OC3C(O)CC(OC4CCC5(C)C(CCC6C7=C(C(=O)C(O)C65)C(C5COC(=O)C5)CC7)C4)OC3C)C(O)C2O)C(O)C(O)C1O. The number of allylic oxidation sites excluding steroid dienone is 1. The highest BCUT2D eigenvalue weighted by atomic mass is 16.7. The molecule has 8 rings (SSSR count). The van der Waals surface area contributed by atoms with Crippen molar-refractivity contribution < 1.29 is 78.5 Å². The van der Waals surface area contributed by atoms with Crippen LogP contribution in [0.15, 0.2) is 11.1 Å². The largest absolute Gasteiger partial charge is 0.465 e.